The quantitative estimate of drug-likeness (QED) is 0.475. The Kier molecular flexibility index (Phi) is 1.85. The van der Waals surface area contributed by atoms with Gasteiger partial charge in [-0.05, 0) is 5.56 Å². The van der Waals surface area contributed by atoms with Crippen LogP contribution in [0.25, 0.3) is 0 Å². The molecule has 0 unspecified atom stereocenters. The highest BCUT2D eigenvalue weighted by molar-refractivity contribution is 6.32. The molecule has 0 bridgehead atoms. The van der Waals surface area contributed by atoms with Crippen molar-refractivity contribution in [1.82, 2.24) is 4.98 Å². The third-order valence-corrected chi connectivity index (χ3v) is 1.11. The Labute approximate surface area is 55.0 Å². The van der Waals surface area contributed by atoms with Crippen molar-refractivity contribution >= 4 is 13.3 Å². The van der Waals surface area contributed by atoms with Crippen molar-refractivity contribution in [1.29, 1.82) is 0 Å². The Morgan fingerprint density at radius 3 is 2.78 bits per heavy atom. The van der Waals surface area contributed by atoms with Crippen LogP contribution in [-0.4, -0.2) is 17.9 Å². The maximum Gasteiger partial charge on any atom is 0.141 e. The molecule has 1 aromatic rings. The molecule has 1 rings (SSSR count). The third-order valence-electron chi connectivity index (χ3n) is 1.11. The average Bonchev–Trinajstić information content (AvgIpc) is 1.88. The van der Waals surface area contributed by atoms with Crippen LogP contribution in [-0.2, 0) is 6.61 Å². The highest BCUT2D eigenvalue weighted by Crippen LogP contribution is 1.90. The number of aromatic nitrogens is 1. The Morgan fingerprint density at radius 1 is 1.56 bits per heavy atom. The molecule has 0 radical (unpaired) electrons. The Balaban J connectivity index is 2.94. The van der Waals surface area contributed by atoms with Gasteiger partial charge in [0.2, 0.25) is 0 Å². The summed E-state index contributed by atoms with van der Waals surface area (Å²) < 4.78 is 0. The number of aliphatic hydroxyl groups excluding tert-OH is 1. The highest BCUT2D eigenvalue weighted by Gasteiger charge is 1.88. The van der Waals surface area contributed by atoms with Gasteiger partial charge in [0.15, 0.2) is 0 Å². The molecular weight excluding hydrogens is 113 g/mol. The summed E-state index contributed by atoms with van der Waals surface area (Å²) in [6.07, 6.45) is 3.42. The summed E-state index contributed by atoms with van der Waals surface area (Å²) in [5.74, 6) is 0. The molecule has 0 atom stereocenters. The van der Waals surface area contributed by atoms with E-state index < -0.39 is 0 Å². The molecule has 0 saturated carbocycles. The van der Waals surface area contributed by atoms with Gasteiger partial charge < -0.3 is 5.11 Å². The molecule has 2 nitrogen and oxygen atoms in total. The molecule has 46 valence electrons. The number of nitrogens with zero attached hydrogens (tertiary/aromatic N) is 1. The van der Waals surface area contributed by atoms with Crippen LogP contribution in [0.5, 0.6) is 0 Å². The van der Waals surface area contributed by atoms with Gasteiger partial charge in [-0.2, -0.15) is 0 Å². The van der Waals surface area contributed by atoms with E-state index in [9.17, 15) is 0 Å². The number of hydrogen-bond donors (Lipinski definition) is 1. The lowest BCUT2D eigenvalue weighted by Gasteiger charge is -1.94. The minimum absolute atomic E-state index is 0.0781. The van der Waals surface area contributed by atoms with E-state index in [1.807, 2.05) is 13.9 Å². The molecule has 0 spiro atoms. The van der Waals surface area contributed by atoms with Crippen molar-refractivity contribution in [3.63, 3.8) is 0 Å². The standard InChI is InChI=1S/C6H8BNO/c7-6-1-5(4-9)2-8-3-6/h1-3,9H,4,7H2. The summed E-state index contributed by atoms with van der Waals surface area (Å²) in [5.41, 5.74) is 1.96. The smallest absolute Gasteiger partial charge is 0.141 e. The van der Waals surface area contributed by atoms with E-state index in [1.54, 1.807) is 12.4 Å². The summed E-state index contributed by atoms with van der Waals surface area (Å²) in [6.45, 7) is 0.0781. The fraction of sp³-hybridized carbons (Fsp3) is 0.167. The lowest BCUT2D eigenvalue weighted by atomic mass is 9.97. The molecular formula is C6H8BNO. The first kappa shape index (κ1) is 6.30. The molecule has 0 amide bonds. The third kappa shape index (κ3) is 1.54. The number of rotatable bonds is 1. The van der Waals surface area contributed by atoms with Gasteiger partial charge in [-0.25, -0.2) is 0 Å². The van der Waals surface area contributed by atoms with E-state index >= 15 is 0 Å². The van der Waals surface area contributed by atoms with Crippen molar-refractivity contribution in [2.45, 2.75) is 6.61 Å². The van der Waals surface area contributed by atoms with Crippen LogP contribution in [0, 0.1) is 0 Å². The molecule has 0 aliphatic rings. The van der Waals surface area contributed by atoms with E-state index in [4.69, 9.17) is 5.11 Å². The van der Waals surface area contributed by atoms with Crippen LogP contribution >= 0.6 is 0 Å². The first-order valence-electron chi connectivity index (χ1n) is 2.84. The van der Waals surface area contributed by atoms with Gasteiger partial charge in [0.05, 0.1) is 6.61 Å². The molecule has 1 heterocycles. The lowest BCUT2D eigenvalue weighted by Crippen LogP contribution is -2.03. The maximum atomic E-state index is 8.62. The van der Waals surface area contributed by atoms with Crippen molar-refractivity contribution in [2.75, 3.05) is 0 Å². The largest absolute Gasteiger partial charge is 0.392 e. The van der Waals surface area contributed by atoms with Crippen LogP contribution in [0.4, 0.5) is 0 Å². The molecule has 1 aromatic heterocycles. The molecule has 0 aromatic carbocycles. The summed E-state index contributed by atoms with van der Waals surface area (Å²) in [6, 6.07) is 1.91. The van der Waals surface area contributed by atoms with Crippen molar-refractivity contribution in [2.24, 2.45) is 0 Å². The first-order chi connectivity index (χ1) is 4.33. The van der Waals surface area contributed by atoms with Crippen molar-refractivity contribution < 1.29 is 5.11 Å². The normalized spacial score (nSPS) is 9.44. The van der Waals surface area contributed by atoms with E-state index in [2.05, 4.69) is 4.98 Å². The topological polar surface area (TPSA) is 33.1 Å². The molecule has 1 N–H and O–H groups in total. The van der Waals surface area contributed by atoms with E-state index in [-0.39, 0.29) is 6.61 Å². The predicted octanol–water partition coefficient (Wildman–Crippen LogP) is -1.17. The van der Waals surface area contributed by atoms with Gasteiger partial charge in [-0.15, -0.1) is 0 Å². The monoisotopic (exact) mass is 121 g/mol. The van der Waals surface area contributed by atoms with Gasteiger partial charge in [-0.1, -0.05) is 11.5 Å². The summed E-state index contributed by atoms with van der Waals surface area (Å²) in [5, 5.41) is 8.62. The molecule has 9 heavy (non-hydrogen) atoms. The molecule has 0 saturated heterocycles. The molecule has 0 aliphatic heterocycles. The van der Waals surface area contributed by atoms with Gasteiger partial charge in [0.1, 0.15) is 7.85 Å². The number of aliphatic hydroxyl groups is 1. The highest BCUT2D eigenvalue weighted by atomic mass is 16.3. The van der Waals surface area contributed by atoms with Gasteiger partial charge in [-0.3, -0.25) is 4.98 Å². The zero-order chi connectivity index (χ0) is 6.69. The predicted molar refractivity (Wildman–Crippen MR) is 38.3 cm³/mol. The van der Waals surface area contributed by atoms with Crippen LogP contribution < -0.4 is 5.46 Å². The Morgan fingerprint density at radius 2 is 2.33 bits per heavy atom. The van der Waals surface area contributed by atoms with Crippen LogP contribution in [0.2, 0.25) is 0 Å². The van der Waals surface area contributed by atoms with E-state index in [0.29, 0.717) is 0 Å². The van der Waals surface area contributed by atoms with E-state index in [1.165, 1.54) is 0 Å². The molecule has 0 fully saturated rings. The molecule has 0 aliphatic carbocycles. The Hall–Kier alpha value is -0.825. The van der Waals surface area contributed by atoms with Crippen LogP contribution in [0.1, 0.15) is 5.56 Å². The zero-order valence-corrected chi connectivity index (χ0v) is 5.33. The van der Waals surface area contributed by atoms with Crippen LogP contribution in [0.15, 0.2) is 18.5 Å². The summed E-state index contributed by atoms with van der Waals surface area (Å²) in [4.78, 5) is 3.90. The number of hydrogen-bond acceptors (Lipinski definition) is 2. The number of pyridine rings is 1. The lowest BCUT2D eigenvalue weighted by molar-refractivity contribution is 0.281. The second kappa shape index (κ2) is 2.64. The first-order valence-corrected chi connectivity index (χ1v) is 2.84. The second-order valence-corrected chi connectivity index (χ2v) is 2.03. The fourth-order valence-corrected chi connectivity index (χ4v) is 0.704. The minimum atomic E-state index is 0.0781. The van der Waals surface area contributed by atoms with E-state index in [0.717, 1.165) is 11.0 Å². The fourth-order valence-electron chi connectivity index (χ4n) is 0.704. The summed E-state index contributed by atoms with van der Waals surface area (Å²) >= 11 is 0. The van der Waals surface area contributed by atoms with Crippen molar-refractivity contribution in [3.05, 3.63) is 24.0 Å². The SMILES string of the molecule is Bc1cncc(CO)c1. The summed E-state index contributed by atoms with van der Waals surface area (Å²) in [7, 11) is 1.95. The maximum absolute atomic E-state index is 8.62. The molecule has 3 heteroatoms. The average molecular weight is 121 g/mol. The zero-order valence-electron chi connectivity index (χ0n) is 5.33. The van der Waals surface area contributed by atoms with Gasteiger partial charge in [0.25, 0.3) is 0 Å². The van der Waals surface area contributed by atoms with Crippen molar-refractivity contribution in [3.8, 4) is 0 Å². The minimum Gasteiger partial charge on any atom is -0.392 e. The van der Waals surface area contributed by atoms with Gasteiger partial charge in [0, 0.05) is 12.4 Å². The Bertz CT molecular complexity index is 202. The van der Waals surface area contributed by atoms with Gasteiger partial charge >= 0.3 is 0 Å². The second-order valence-electron chi connectivity index (χ2n) is 2.03. The van der Waals surface area contributed by atoms with Crippen LogP contribution in [0.3, 0.4) is 0 Å².